The summed E-state index contributed by atoms with van der Waals surface area (Å²) in [5, 5.41) is 3.89. The number of hydrogen-bond donors (Lipinski definition) is 2. The van der Waals surface area contributed by atoms with Gasteiger partial charge < -0.3 is 10.5 Å². The molecule has 1 aromatic carbocycles. The Kier molecular flexibility index (Phi) is 6.70. The zero-order valence-electron chi connectivity index (χ0n) is 18.7. The molecule has 0 saturated carbocycles. The number of ether oxygens (including phenoxy) is 1. The van der Waals surface area contributed by atoms with Gasteiger partial charge in [0.05, 0.1) is 23.2 Å². The first-order valence-corrected chi connectivity index (χ1v) is 10.8. The van der Waals surface area contributed by atoms with Crippen LogP contribution in [-0.2, 0) is 5.41 Å². The molecular formula is C24H29ClN4O2. The molecule has 0 aliphatic carbocycles. The number of nitrogens with zero attached hydrogens (tertiary/aromatic N) is 2. The predicted molar refractivity (Wildman–Crippen MR) is 127 cm³/mol. The second kappa shape index (κ2) is 9.10. The number of aryl methyl sites for hydroxylation is 1. The van der Waals surface area contributed by atoms with Crippen LogP contribution < -0.4 is 15.8 Å². The van der Waals surface area contributed by atoms with E-state index in [0.29, 0.717) is 34.1 Å². The van der Waals surface area contributed by atoms with E-state index in [-0.39, 0.29) is 5.41 Å². The van der Waals surface area contributed by atoms with Gasteiger partial charge in [-0.15, -0.1) is 0 Å². The van der Waals surface area contributed by atoms with Crippen LogP contribution in [0.2, 0.25) is 5.02 Å². The molecule has 0 fully saturated rings. The van der Waals surface area contributed by atoms with Crippen molar-refractivity contribution >= 4 is 34.4 Å². The van der Waals surface area contributed by atoms with Gasteiger partial charge >= 0.3 is 6.03 Å². The van der Waals surface area contributed by atoms with E-state index in [4.69, 9.17) is 27.1 Å². The van der Waals surface area contributed by atoms with E-state index in [1.807, 2.05) is 12.1 Å². The highest BCUT2D eigenvalue weighted by Gasteiger charge is 2.21. The van der Waals surface area contributed by atoms with Crippen LogP contribution >= 0.6 is 11.6 Å². The van der Waals surface area contributed by atoms with Crippen molar-refractivity contribution in [3.8, 4) is 17.0 Å². The molecule has 3 aromatic rings. The number of nitrogens with two attached hydrogens (primary N) is 1. The first-order valence-electron chi connectivity index (χ1n) is 10.4. The van der Waals surface area contributed by atoms with E-state index in [0.717, 1.165) is 35.2 Å². The normalized spacial score (nSPS) is 11.5. The van der Waals surface area contributed by atoms with Crippen molar-refractivity contribution in [1.82, 2.24) is 9.97 Å². The fourth-order valence-corrected chi connectivity index (χ4v) is 3.92. The number of anilines is 1. The maximum atomic E-state index is 11.5. The predicted octanol–water partition coefficient (Wildman–Crippen LogP) is 6.23. The zero-order chi connectivity index (χ0) is 22.8. The molecule has 2 amide bonds. The number of carbonyl (C=O) groups is 1. The molecule has 0 radical (unpaired) electrons. The van der Waals surface area contributed by atoms with Gasteiger partial charge in [-0.2, -0.15) is 0 Å². The Bertz CT molecular complexity index is 1120. The highest BCUT2D eigenvalue weighted by atomic mass is 35.5. The molecule has 2 aromatic heterocycles. The number of nitrogens with one attached hydrogen (secondary N) is 1. The Morgan fingerprint density at radius 3 is 2.65 bits per heavy atom. The third kappa shape index (κ3) is 5.07. The third-order valence-corrected chi connectivity index (χ3v) is 5.39. The van der Waals surface area contributed by atoms with Crippen LogP contribution in [0.4, 0.5) is 10.6 Å². The summed E-state index contributed by atoms with van der Waals surface area (Å²) < 4.78 is 6.09. The number of unbranched alkanes of at least 4 members (excludes halogenated alkanes) is 1. The standard InChI is InChI=1S/C24H29ClN4O2/c1-6-7-10-31-20-13-19(15-12-17(25)16(11-14(15)2)24(3,4)5)28-18-8-9-27-22(21(18)20)29-23(26)30/h8-9,11-13H,6-7,10H2,1-5H3,(H3,26,27,29,30). The number of pyridine rings is 2. The van der Waals surface area contributed by atoms with E-state index in [2.05, 4.69) is 51.0 Å². The number of urea groups is 1. The molecule has 0 spiro atoms. The Hall–Kier alpha value is -2.86. The molecule has 0 unspecified atom stereocenters. The van der Waals surface area contributed by atoms with Gasteiger partial charge in [0, 0.05) is 22.8 Å². The number of benzene rings is 1. The largest absolute Gasteiger partial charge is 0.493 e. The molecule has 0 aliphatic rings. The highest BCUT2D eigenvalue weighted by molar-refractivity contribution is 6.31. The summed E-state index contributed by atoms with van der Waals surface area (Å²) in [5.74, 6) is 0.925. The van der Waals surface area contributed by atoms with Crippen molar-refractivity contribution in [2.45, 2.75) is 52.9 Å². The van der Waals surface area contributed by atoms with Crippen molar-refractivity contribution in [2.75, 3.05) is 11.9 Å². The number of carbonyl (C=O) groups excluding carboxylic acids is 1. The van der Waals surface area contributed by atoms with Crippen LogP contribution in [-0.4, -0.2) is 22.6 Å². The van der Waals surface area contributed by atoms with Crippen LogP contribution in [0, 0.1) is 6.92 Å². The molecule has 3 rings (SSSR count). The summed E-state index contributed by atoms with van der Waals surface area (Å²) in [6.07, 6.45) is 3.50. The van der Waals surface area contributed by atoms with E-state index < -0.39 is 6.03 Å². The third-order valence-electron chi connectivity index (χ3n) is 5.08. The topological polar surface area (TPSA) is 90.1 Å². The van der Waals surface area contributed by atoms with Crippen molar-refractivity contribution in [3.63, 3.8) is 0 Å². The summed E-state index contributed by atoms with van der Waals surface area (Å²) >= 11 is 6.65. The summed E-state index contributed by atoms with van der Waals surface area (Å²) in [5.41, 5.74) is 9.76. The average molecular weight is 441 g/mol. The summed E-state index contributed by atoms with van der Waals surface area (Å²) in [6.45, 7) is 11.1. The first-order chi connectivity index (χ1) is 14.6. The van der Waals surface area contributed by atoms with Crippen LogP contribution in [0.15, 0.2) is 30.5 Å². The fraction of sp³-hybridized carbons (Fsp3) is 0.375. The van der Waals surface area contributed by atoms with E-state index in [9.17, 15) is 4.79 Å². The number of halogens is 1. The van der Waals surface area contributed by atoms with Crippen molar-refractivity contribution in [1.29, 1.82) is 0 Å². The molecular weight excluding hydrogens is 412 g/mol. The molecule has 3 N–H and O–H groups in total. The van der Waals surface area contributed by atoms with E-state index >= 15 is 0 Å². The Morgan fingerprint density at radius 1 is 1.26 bits per heavy atom. The van der Waals surface area contributed by atoms with Crippen molar-refractivity contribution in [2.24, 2.45) is 5.73 Å². The van der Waals surface area contributed by atoms with Crippen molar-refractivity contribution in [3.05, 3.63) is 46.6 Å². The van der Waals surface area contributed by atoms with E-state index in [1.54, 1.807) is 12.3 Å². The Balaban J connectivity index is 2.20. The van der Waals surface area contributed by atoms with Gasteiger partial charge in [0.1, 0.15) is 11.6 Å². The number of fused-ring (bicyclic) bond motifs is 1. The minimum Gasteiger partial charge on any atom is -0.493 e. The van der Waals surface area contributed by atoms with Gasteiger partial charge in [-0.25, -0.2) is 14.8 Å². The maximum absolute atomic E-state index is 11.5. The lowest BCUT2D eigenvalue weighted by Crippen LogP contribution is -2.20. The Labute approximate surface area is 188 Å². The minimum atomic E-state index is -0.691. The molecule has 7 heteroatoms. The van der Waals surface area contributed by atoms with Crippen LogP contribution in [0.1, 0.15) is 51.7 Å². The van der Waals surface area contributed by atoms with Gasteiger partial charge in [0.25, 0.3) is 0 Å². The molecule has 164 valence electrons. The number of amides is 2. The SMILES string of the molecule is CCCCOc1cc(-c2cc(Cl)c(C(C)(C)C)cc2C)nc2ccnc(NC(N)=O)c12. The number of hydrogen-bond acceptors (Lipinski definition) is 4. The molecule has 0 atom stereocenters. The van der Waals surface area contributed by atoms with Gasteiger partial charge in [0.2, 0.25) is 0 Å². The smallest absolute Gasteiger partial charge is 0.317 e. The van der Waals surface area contributed by atoms with Gasteiger partial charge in [0.15, 0.2) is 0 Å². The van der Waals surface area contributed by atoms with Gasteiger partial charge in [-0.1, -0.05) is 51.8 Å². The summed E-state index contributed by atoms with van der Waals surface area (Å²) in [7, 11) is 0. The van der Waals surface area contributed by atoms with E-state index in [1.165, 1.54) is 0 Å². The molecule has 6 nitrogen and oxygen atoms in total. The van der Waals surface area contributed by atoms with Crippen molar-refractivity contribution < 1.29 is 9.53 Å². The lowest BCUT2D eigenvalue weighted by Gasteiger charge is -2.22. The highest BCUT2D eigenvalue weighted by Crippen LogP contribution is 2.38. The molecule has 2 heterocycles. The summed E-state index contributed by atoms with van der Waals surface area (Å²) in [6, 6.07) is 7.06. The van der Waals surface area contributed by atoms with Crippen LogP contribution in [0.5, 0.6) is 5.75 Å². The number of rotatable bonds is 6. The first kappa shape index (κ1) is 22.8. The number of primary amides is 1. The van der Waals surface area contributed by atoms with Crippen LogP contribution in [0.3, 0.4) is 0 Å². The van der Waals surface area contributed by atoms with Gasteiger partial charge in [-0.3, -0.25) is 5.32 Å². The summed E-state index contributed by atoms with van der Waals surface area (Å²) in [4.78, 5) is 20.5. The maximum Gasteiger partial charge on any atom is 0.317 e. The number of aromatic nitrogens is 2. The second-order valence-electron chi connectivity index (χ2n) is 8.65. The zero-order valence-corrected chi connectivity index (χ0v) is 19.4. The molecule has 31 heavy (non-hydrogen) atoms. The van der Waals surface area contributed by atoms with Gasteiger partial charge in [-0.05, 0) is 42.0 Å². The fourth-order valence-electron chi connectivity index (χ4n) is 3.47. The monoisotopic (exact) mass is 440 g/mol. The minimum absolute atomic E-state index is 0.0629. The average Bonchev–Trinajstić information content (AvgIpc) is 2.68. The molecule has 0 bridgehead atoms. The van der Waals surface area contributed by atoms with Crippen LogP contribution in [0.25, 0.3) is 22.2 Å². The quantitative estimate of drug-likeness (QED) is 0.445. The second-order valence-corrected chi connectivity index (χ2v) is 9.05. The molecule has 0 saturated heterocycles. The molecule has 0 aliphatic heterocycles. The lowest BCUT2D eigenvalue weighted by atomic mass is 9.85. The Morgan fingerprint density at radius 2 is 2.00 bits per heavy atom. The lowest BCUT2D eigenvalue weighted by molar-refractivity contribution is 0.259.